The summed E-state index contributed by atoms with van der Waals surface area (Å²) in [6, 6.07) is 7.03. The summed E-state index contributed by atoms with van der Waals surface area (Å²) < 4.78 is 25.5. The third-order valence-corrected chi connectivity index (χ3v) is 2.45. The minimum atomic E-state index is -2.64. The molecule has 2 rings (SSSR count). The number of aromatic amines is 1. The van der Waals surface area contributed by atoms with E-state index in [1.807, 2.05) is 0 Å². The molecule has 0 aliphatic rings. The Balaban J connectivity index is 2.62. The van der Waals surface area contributed by atoms with Crippen molar-refractivity contribution >= 4 is 10.9 Å². The fourth-order valence-electron chi connectivity index (χ4n) is 1.48. The molecule has 15 heavy (non-hydrogen) atoms. The van der Waals surface area contributed by atoms with Gasteiger partial charge in [0.1, 0.15) is 5.54 Å². The number of nitrogens with zero attached hydrogens (tertiary/aromatic N) is 1. The highest BCUT2D eigenvalue weighted by molar-refractivity contribution is 5.82. The van der Waals surface area contributed by atoms with Crippen LogP contribution in [-0.2, 0) is 5.54 Å². The van der Waals surface area contributed by atoms with Crippen LogP contribution in [0.15, 0.2) is 24.3 Å². The molecular formula is C10H11F2N3. The van der Waals surface area contributed by atoms with Crippen molar-refractivity contribution < 1.29 is 8.78 Å². The minimum absolute atomic E-state index is 0.271. The average molecular weight is 211 g/mol. The van der Waals surface area contributed by atoms with E-state index in [0.717, 1.165) is 0 Å². The van der Waals surface area contributed by atoms with Crippen molar-refractivity contribution in [1.82, 2.24) is 10.2 Å². The Bertz CT molecular complexity index is 476. The van der Waals surface area contributed by atoms with Crippen LogP contribution >= 0.6 is 0 Å². The van der Waals surface area contributed by atoms with Gasteiger partial charge in [0, 0.05) is 5.39 Å². The number of hydrogen-bond donors (Lipinski definition) is 2. The Morgan fingerprint density at radius 2 is 2.07 bits per heavy atom. The number of H-pyrrole nitrogens is 1. The SMILES string of the molecule is CC(N)(c1[nH]nc2ccccc12)C(F)F. The van der Waals surface area contributed by atoms with E-state index in [2.05, 4.69) is 10.2 Å². The fraction of sp³-hybridized carbons (Fsp3) is 0.300. The van der Waals surface area contributed by atoms with E-state index >= 15 is 0 Å². The standard InChI is InChI=1S/C10H11F2N3/c1-10(13,9(11)12)8-6-4-2-3-5-7(6)14-15-8/h2-5,9H,13H2,1H3,(H,14,15). The zero-order valence-corrected chi connectivity index (χ0v) is 8.17. The molecule has 80 valence electrons. The van der Waals surface area contributed by atoms with Gasteiger partial charge in [-0.05, 0) is 13.0 Å². The van der Waals surface area contributed by atoms with Crippen LogP contribution in [0.3, 0.4) is 0 Å². The molecule has 0 spiro atoms. The molecule has 1 aromatic heterocycles. The molecule has 3 nitrogen and oxygen atoms in total. The summed E-state index contributed by atoms with van der Waals surface area (Å²) in [5.74, 6) is 0. The topological polar surface area (TPSA) is 54.7 Å². The van der Waals surface area contributed by atoms with Crippen molar-refractivity contribution in [3.05, 3.63) is 30.0 Å². The largest absolute Gasteiger partial charge is 0.316 e. The highest BCUT2D eigenvalue weighted by atomic mass is 19.3. The maximum atomic E-state index is 12.7. The molecule has 0 amide bonds. The van der Waals surface area contributed by atoms with E-state index in [1.54, 1.807) is 24.3 Å². The predicted molar refractivity (Wildman–Crippen MR) is 53.6 cm³/mol. The van der Waals surface area contributed by atoms with Crippen molar-refractivity contribution in [2.75, 3.05) is 0 Å². The Labute approximate surface area is 85.3 Å². The van der Waals surface area contributed by atoms with E-state index in [1.165, 1.54) is 6.92 Å². The maximum absolute atomic E-state index is 12.7. The van der Waals surface area contributed by atoms with Gasteiger partial charge in [-0.25, -0.2) is 8.78 Å². The lowest BCUT2D eigenvalue weighted by Gasteiger charge is -2.22. The molecule has 2 aromatic rings. The van der Waals surface area contributed by atoms with Gasteiger partial charge in [-0.3, -0.25) is 5.10 Å². The van der Waals surface area contributed by atoms with Crippen molar-refractivity contribution in [2.24, 2.45) is 5.73 Å². The Kier molecular flexibility index (Phi) is 2.19. The van der Waals surface area contributed by atoms with Crippen LogP contribution in [0.1, 0.15) is 12.6 Å². The van der Waals surface area contributed by atoms with E-state index in [4.69, 9.17) is 5.73 Å². The summed E-state index contributed by atoms with van der Waals surface area (Å²) in [5.41, 5.74) is 4.79. The normalized spacial score (nSPS) is 15.8. The third-order valence-electron chi connectivity index (χ3n) is 2.45. The Morgan fingerprint density at radius 3 is 2.73 bits per heavy atom. The number of nitrogens with two attached hydrogens (primary N) is 1. The number of alkyl halides is 2. The highest BCUT2D eigenvalue weighted by Crippen LogP contribution is 2.29. The monoisotopic (exact) mass is 211 g/mol. The summed E-state index contributed by atoms with van der Waals surface area (Å²) >= 11 is 0. The number of benzene rings is 1. The molecule has 0 saturated heterocycles. The first-order valence-corrected chi connectivity index (χ1v) is 4.54. The lowest BCUT2D eigenvalue weighted by Crippen LogP contribution is -2.41. The molecule has 0 radical (unpaired) electrons. The number of hydrogen-bond acceptors (Lipinski definition) is 2. The van der Waals surface area contributed by atoms with Gasteiger partial charge < -0.3 is 5.73 Å². The molecule has 1 aromatic carbocycles. The molecule has 5 heteroatoms. The van der Waals surface area contributed by atoms with Crippen LogP contribution in [0, 0.1) is 0 Å². The van der Waals surface area contributed by atoms with E-state index in [-0.39, 0.29) is 5.69 Å². The van der Waals surface area contributed by atoms with E-state index in [9.17, 15) is 8.78 Å². The van der Waals surface area contributed by atoms with Crippen molar-refractivity contribution in [1.29, 1.82) is 0 Å². The number of nitrogens with one attached hydrogen (secondary N) is 1. The molecule has 1 heterocycles. The van der Waals surface area contributed by atoms with Gasteiger partial charge in [0.15, 0.2) is 0 Å². The second-order valence-electron chi connectivity index (χ2n) is 3.70. The molecule has 0 fully saturated rings. The number of rotatable bonds is 2. The van der Waals surface area contributed by atoms with Crippen LogP contribution in [-0.4, -0.2) is 16.6 Å². The lowest BCUT2D eigenvalue weighted by atomic mass is 9.97. The molecule has 0 bridgehead atoms. The molecule has 0 saturated carbocycles. The van der Waals surface area contributed by atoms with Gasteiger partial charge in [-0.1, -0.05) is 18.2 Å². The smallest absolute Gasteiger partial charge is 0.261 e. The van der Waals surface area contributed by atoms with Gasteiger partial charge in [0.2, 0.25) is 0 Å². The summed E-state index contributed by atoms with van der Waals surface area (Å²) in [7, 11) is 0. The average Bonchev–Trinajstić information content (AvgIpc) is 2.61. The number of para-hydroxylation sites is 1. The fourth-order valence-corrected chi connectivity index (χ4v) is 1.48. The quantitative estimate of drug-likeness (QED) is 0.798. The summed E-state index contributed by atoms with van der Waals surface area (Å²) in [4.78, 5) is 0. The number of halogens is 2. The van der Waals surface area contributed by atoms with Gasteiger partial charge in [0.25, 0.3) is 6.43 Å². The van der Waals surface area contributed by atoms with E-state index < -0.39 is 12.0 Å². The van der Waals surface area contributed by atoms with Crippen LogP contribution < -0.4 is 5.73 Å². The summed E-state index contributed by atoms with van der Waals surface area (Å²) in [6.45, 7) is 1.29. The van der Waals surface area contributed by atoms with E-state index in [0.29, 0.717) is 10.9 Å². The highest BCUT2D eigenvalue weighted by Gasteiger charge is 2.35. The van der Waals surface area contributed by atoms with Gasteiger partial charge in [-0.15, -0.1) is 0 Å². The lowest BCUT2D eigenvalue weighted by molar-refractivity contribution is 0.0609. The molecule has 0 aliphatic carbocycles. The van der Waals surface area contributed by atoms with Crippen LogP contribution in [0.25, 0.3) is 10.9 Å². The van der Waals surface area contributed by atoms with Crippen LogP contribution in [0.4, 0.5) is 8.78 Å². The first-order chi connectivity index (χ1) is 7.03. The van der Waals surface area contributed by atoms with Crippen molar-refractivity contribution in [3.63, 3.8) is 0 Å². The summed E-state index contributed by atoms with van der Waals surface area (Å²) in [6.07, 6.45) is -2.64. The van der Waals surface area contributed by atoms with Gasteiger partial charge >= 0.3 is 0 Å². The second-order valence-corrected chi connectivity index (χ2v) is 3.70. The second kappa shape index (κ2) is 3.27. The van der Waals surface area contributed by atoms with Gasteiger partial charge in [-0.2, -0.15) is 5.10 Å². The summed E-state index contributed by atoms with van der Waals surface area (Å²) in [5, 5.41) is 7.15. The first-order valence-electron chi connectivity index (χ1n) is 4.54. The first kappa shape index (κ1) is 10.0. The zero-order chi connectivity index (χ0) is 11.1. The Hall–Kier alpha value is -1.49. The minimum Gasteiger partial charge on any atom is -0.316 e. The predicted octanol–water partition coefficient (Wildman–Crippen LogP) is 2.00. The van der Waals surface area contributed by atoms with Crippen LogP contribution in [0.2, 0.25) is 0 Å². The maximum Gasteiger partial charge on any atom is 0.261 e. The number of fused-ring (bicyclic) bond motifs is 1. The zero-order valence-electron chi connectivity index (χ0n) is 8.17. The van der Waals surface area contributed by atoms with Crippen molar-refractivity contribution in [3.8, 4) is 0 Å². The van der Waals surface area contributed by atoms with Crippen molar-refractivity contribution in [2.45, 2.75) is 18.9 Å². The Morgan fingerprint density at radius 1 is 1.40 bits per heavy atom. The van der Waals surface area contributed by atoms with Gasteiger partial charge in [0.05, 0.1) is 11.2 Å². The number of aromatic nitrogens is 2. The molecule has 0 aliphatic heterocycles. The molecule has 1 unspecified atom stereocenters. The molecule has 3 N–H and O–H groups in total. The van der Waals surface area contributed by atoms with Crippen LogP contribution in [0.5, 0.6) is 0 Å². The third kappa shape index (κ3) is 1.48. The molecular weight excluding hydrogens is 200 g/mol. The molecule has 1 atom stereocenters.